The molecule has 4 rings (SSSR count). The fraction of sp³-hybridized carbons (Fsp3) is 0.100. The van der Waals surface area contributed by atoms with E-state index in [1.54, 1.807) is 24.3 Å². The Balaban J connectivity index is 1.90. The summed E-state index contributed by atoms with van der Waals surface area (Å²) >= 11 is 5.86. The summed E-state index contributed by atoms with van der Waals surface area (Å²) in [6.45, 7) is 0. The number of ether oxygens (including phenoxy) is 1. The van der Waals surface area contributed by atoms with E-state index in [2.05, 4.69) is 20.1 Å². The fourth-order valence-electron chi connectivity index (χ4n) is 2.80. The molecule has 11 heteroatoms. The van der Waals surface area contributed by atoms with Gasteiger partial charge in [0.15, 0.2) is 5.82 Å². The zero-order valence-electron chi connectivity index (χ0n) is 15.7. The molecule has 0 spiro atoms. The van der Waals surface area contributed by atoms with Crippen molar-refractivity contribution in [3.63, 3.8) is 0 Å². The van der Waals surface area contributed by atoms with E-state index in [0.717, 1.165) is 6.07 Å². The quantitative estimate of drug-likeness (QED) is 0.400. The number of aromatic nitrogens is 5. The molecule has 0 radical (unpaired) electrons. The molecule has 158 valence electrons. The lowest BCUT2D eigenvalue weighted by molar-refractivity contribution is -0.139. The first-order valence-electron chi connectivity index (χ1n) is 8.73. The third kappa shape index (κ3) is 4.19. The summed E-state index contributed by atoms with van der Waals surface area (Å²) in [5.41, 5.74) is -0.638. The van der Waals surface area contributed by atoms with Crippen LogP contribution in [-0.4, -0.2) is 31.8 Å². The summed E-state index contributed by atoms with van der Waals surface area (Å²) in [5, 5.41) is 4.77. The van der Waals surface area contributed by atoms with E-state index in [9.17, 15) is 17.6 Å². The highest BCUT2D eigenvalue weighted by Crippen LogP contribution is 2.35. The van der Waals surface area contributed by atoms with Crippen LogP contribution in [0.4, 0.5) is 17.6 Å². The molecule has 0 saturated carbocycles. The molecular weight excluding hydrogens is 438 g/mol. The van der Waals surface area contributed by atoms with Gasteiger partial charge < -0.3 is 4.74 Å². The molecule has 0 saturated heterocycles. The molecule has 31 heavy (non-hydrogen) atoms. The van der Waals surface area contributed by atoms with Crippen LogP contribution in [0, 0.1) is 5.82 Å². The second kappa shape index (κ2) is 7.95. The molecule has 0 aliphatic heterocycles. The average Bonchev–Trinajstić information content (AvgIpc) is 3.19. The SMILES string of the molecule is COc1ccc(-n2nc(-c3ccc(Cl)cn3)nc2-c2ccc(F)c(C(F)(F)F)c2)cn1. The summed E-state index contributed by atoms with van der Waals surface area (Å²) in [6.07, 6.45) is -2.05. The van der Waals surface area contributed by atoms with Crippen LogP contribution < -0.4 is 4.74 Å². The van der Waals surface area contributed by atoms with Gasteiger partial charge in [-0.2, -0.15) is 13.2 Å². The third-order valence-corrected chi connectivity index (χ3v) is 4.49. The molecule has 1 aromatic carbocycles. The highest BCUT2D eigenvalue weighted by Gasteiger charge is 2.34. The molecule has 0 aliphatic rings. The minimum Gasteiger partial charge on any atom is -0.481 e. The van der Waals surface area contributed by atoms with Gasteiger partial charge in [0.1, 0.15) is 11.5 Å². The number of halogens is 5. The van der Waals surface area contributed by atoms with Crippen molar-refractivity contribution in [2.45, 2.75) is 6.18 Å². The summed E-state index contributed by atoms with van der Waals surface area (Å²) in [6, 6.07) is 8.95. The smallest absolute Gasteiger partial charge is 0.419 e. The van der Waals surface area contributed by atoms with Crippen LogP contribution in [0.25, 0.3) is 28.6 Å². The van der Waals surface area contributed by atoms with E-state index in [1.165, 1.54) is 30.3 Å². The number of pyridine rings is 2. The number of alkyl halides is 3. The fourth-order valence-corrected chi connectivity index (χ4v) is 2.91. The lowest BCUT2D eigenvalue weighted by atomic mass is 10.1. The van der Waals surface area contributed by atoms with Crippen LogP contribution in [0.5, 0.6) is 5.88 Å². The lowest BCUT2D eigenvalue weighted by Gasteiger charge is -2.11. The van der Waals surface area contributed by atoms with Crippen molar-refractivity contribution in [2.24, 2.45) is 0 Å². The zero-order valence-corrected chi connectivity index (χ0v) is 16.5. The van der Waals surface area contributed by atoms with Crippen molar-refractivity contribution in [3.8, 4) is 34.5 Å². The zero-order chi connectivity index (χ0) is 22.2. The first-order valence-corrected chi connectivity index (χ1v) is 9.10. The Bertz CT molecular complexity index is 1220. The number of benzene rings is 1. The van der Waals surface area contributed by atoms with Gasteiger partial charge in [-0.15, -0.1) is 5.10 Å². The van der Waals surface area contributed by atoms with Crippen LogP contribution in [-0.2, 0) is 6.18 Å². The Morgan fingerprint density at radius 2 is 1.81 bits per heavy atom. The Labute approximate surface area is 178 Å². The predicted octanol–water partition coefficient (Wildman–Crippen LogP) is 5.21. The first-order chi connectivity index (χ1) is 14.8. The minimum atomic E-state index is -4.87. The second-order valence-corrected chi connectivity index (χ2v) is 6.72. The van der Waals surface area contributed by atoms with E-state index in [0.29, 0.717) is 28.4 Å². The maximum Gasteiger partial charge on any atom is 0.419 e. The molecular formula is C20H12ClF4N5O. The van der Waals surface area contributed by atoms with Crippen LogP contribution in [0.1, 0.15) is 5.56 Å². The predicted molar refractivity (Wildman–Crippen MR) is 104 cm³/mol. The van der Waals surface area contributed by atoms with Crippen LogP contribution in [0.3, 0.4) is 0 Å². The molecule has 6 nitrogen and oxygen atoms in total. The van der Waals surface area contributed by atoms with Crippen LogP contribution >= 0.6 is 11.6 Å². The van der Waals surface area contributed by atoms with Gasteiger partial charge in [0.05, 0.1) is 29.6 Å². The average molecular weight is 450 g/mol. The van der Waals surface area contributed by atoms with Gasteiger partial charge in [-0.25, -0.2) is 19.0 Å². The van der Waals surface area contributed by atoms with Crippen molar-refractivity contribution in [1.82, 2.24) is 24.7 Å². The minimum absolute atomic E-state index is 0.0113. The van der Waals surface area contributed by atoms with E-state index in [1.807, 2.05) is 0 Å². The first kappa shape index (κ1) is 20.7. The molecule has 0 unspecified atom stereocenters. The third-order valence-electron chi connectivity index (χ3n) is 4.27. The lowest BCUT2D eigenvalue weighted by Crippen LogP contribution is -2.09. The second-order valence-electron chi connectivity index (χ2n) is 6.28. The molecule has 0 aliphatic carbocycles. The molecule has 3 aromatic heterocycles. The van der Waals surface area contributed by atoms with Gasteiger partial charge in [-0.3, -0.25) is 4.98 Å². The van der Waals surface area contributed by atoms with E-state index in [4.69, 9.17) is 16.3 Å². The number of hydrogen-bond donors (Lipinski definition) is 0. The van der Waals surface area contributed by atoms with E-state index >= 15 is 0 Å². The summed E-state index contributed by atoms with van der Waals surface area (Å²) in [4.78, 5) is 12.6. The Morgan fingerprint density at radius 3 is 2.42 bits per heavy atom. The Morgan fingerprint density at radius 1 is 1.00 bits per heavy atom. The molecule has 0 N–H and O–H groups in total. The van der Waals surface area contributed by atoms with E-state index < -0.39 is 17.6 Å². The number of nitrogens with zero attached hydrogens (tertiary/aromatic N) is 5. The monoisotopic (exact) mass is 449 g/mol. The largest absolute Gasteiger partial charge is 0.481 e. The van der Waals surface area contributed by atoms with Crippen molar-refractivity contribution in [3.05, 3.63) is 71.3 Å². The number of hydrogen-bond acceptors (Lipinski definition) is 5. The van der Waals surface area contributed by atoms with Gasteiger partial charge in [0.25, 0.3) is 0 Å². The maximum atomic E-state index is 13.8. The Hall–Kier alpha value is -3.53. The molecule has 4 aromatic rings. The maximum absolute atomic E-state index is 13.8. The van der Waals surface area contributed by atoms with Gasteiger partial charge in [0.2, 0.25) is 11.7 Å². The molecule has 0 fully saturated rings. The normalized spacial score (nSPS) is 11.5. The van der Waals surface area contributed by atoms with Crippen LogP contribution in [0.2, 0.25) is 5.02 Å². The standard InChI is InChI=1S/C20H12ClF4N5O/c1-31-17-7-4-13(10-27-17)30-19(11-2-5-15(22)14(8-11)20(23,24)25)28-18(29-30)16-6-3-12(21)9-26-16/h2-10H,1H3. The molecule has 3 heterocycles. The van der Waals surface area contributed by atoms with Gasteiger partial charge in [-0.1, -0.05) is 11.6 Å². The van der Waals surface area contributed by atoms with E-state index in [-0.39, 0.29) is 17.2 Å². The van der Waals surface area contributed by atoms with Crippen LogP contribution in [0.15, 0.2) is 54.9 Å². The molecule has 0 bridgehead atoms. The Kier molecular flexibility index (Phi) is 5.32. The number of rotatable bonds is 4. The van der Waals surface area contributed by atoms with Gasteiger partial charge >= 0.3 is 6.18 Å². The summed E-state index contributed by atoms with van der Waals surface area (Å²) < 4.78 is 59.8. The highest BCUT2D eigenvalue weighted by atomic mass is 35.5. The summed E-state index contributed by atoms with van der Waals surface area (Å²) in [5.74, 6) is -0.858. The summed E-state index contributed by atoms with van der Waals surface area (Å²) in [7, 11) is 1.45. The molecule has 0 atom stereocenters. The molecule has 0 amide bonds. The number of methoxy groups -OCH3 is 1. The highest BCUT2D eigenvalue weighted by molar-refractivity contribution is 6.30. The van der Waals surface area contributed by atoms with Gasteiger partial charge in [-0.05, 0) is 36.4 Å². The van der Waals surface area contributed by atoms with Gasteiger partial charge in [0, 0.05) is 17.8 Å². The van der Waals surface area contributed by atoms with Crippen molar-refractivity contribution in [2.75, 3.05) is 7.11 Å². The topological polar surface area (TPSA) is 65.7 Å². The van der Waals surface area contributed by atoms with Crippen molar-refractivity contribution in [1.29, 1.82) is 0 Å². The van der Waals surface area contributed by atoms with Crippen molar-refractivity contribution < 1.29 is 22.3 Å². The van der Waals surface area contributed by atoms with Crippen molar-refractivity contribution >= 4 is 11.6 Å².